The van der Waals surface area contributed by atoms with Gasteiger partial charge in [-0.15, -0.1) is 0 Å². The van der Waals surface area contributed by atoms with Crippen LogP contribution in [-0.2, 0) is 0 Å². The summed E-state index contributed by atoms with van der Waals surface area (Å²) >= 11 is 0. The van der Waals surface area contributed by atoms with E-state index in [0.29, 0.717) is 0 Å². The maximum absolute atomic E-state index is 6.81. The molecule has 4 nitrogen and oxygen atoms in total. The van der Waals surface area contributed by atoms with Crippen molar-refractivity contribution < 1.29 is 4.65 Å². The fourth-order valence-corrected chi connectivity index (χ4v) is 5.76. The van der Waals surface area contributed by atoms with Crippen molar-refractivity contribution in [1.82, 2.24) is 15.0 Å². The van der Waals surface area contributed by atoms with Crippen molar-refractivity contribution in [3.05, 3.63) is 122 Å². The number of nitrogens with zero attached hydrogens (tertiary/aromatic N) is 3. The lowest BCUT2D eigenvalue weighted by Gasteiger charge is -2.28. The van der Waals surface area contributed by atoms with Gasteiger partial charge in [0.2, 0.25) is 0 Å². The zero-order chi connectivity index (χ0) is 25.1. The minimum atomic E-state index is -0.314. The fourth-order valence-electron chi connectivity index (χ4n) is 5.76. The van der Waals surface area contributed by atoms with E-state index in [4.69, 9.17) is 14.6 Å². The summed E-state index contributed by atoms with van der Waals surface area (Å²) in [4.78, 5) is 14.2. The zero-order valence-electron chi connectivity index (χ0n) is 20.4. The van der Waals surface area contributed by atoms with Crippen LogP contribution < -0.4 is 15.6 Å². The predicted molar refractivity (Wildman–Crippen MR) is 155 cm³/mol. The number of hydrogen-bond donors (Lipinski definition) is 0. The second kappa shape index (κ2) is 8.25. The second-order valence-corrected chi connectivity index (χ2v) is 9.62. The molecule has 0 unspecified atom stereocenters. The van der Waals surface area contributed by atoms with Crippen LogP contribution in [0.3, 0.4) is 0 Å². The van der Waals surface area contributed by atoms with Gasteiger partial charge in [0.05, 0.1) is 16.7 Å². The third kappa shape index (κ3) is 3.15. The quantitative estimate of drug-likeness (QED) is 0.217. The van der Waals surface area contributed by atoms with Crippen LogP contribution in [0.4, 0.5) is 0 Å². The van der Waals surface area contributed by atoms with Crippen LogP contribution in [0.1, 0.15) is 0 Å². The molecule has 0 saturated heterocycles. The molecule has 0 aliphatic carbocycles. The average Bonchev–Trinajstić information content (AvgIpc) is 3.00. The van der Waals surface area contributed by atoms with E-state index in [1.54, 1.807) is 0 Å². The zero-order valence-corrected chi connectivity index (χ0v) is 20.4. The van der Waals surface area contributed by atoms with Crippen LogP contribution >= 0.6 is 0 Å². The summed E-state index contributed by atoms with van der Waals surface area (Å²) < 4.78 is 6.81. The van der Waals surface area contributed by atoms with E-state index in [-0.39, 0.29) is 6.92 Å². The van der Waals surface area contributed by atoms with Gasteiger partial charge in [-0.1, -0.05) is 78.9 Å². The van der Waals surface area contributed by atoms with Gasteiger partial charge < -0.3 is 4.65 Å². The van der Waals surface area contributed by atoms with E-state index in [1.165, 1.54) is 10.9 Å². The van der Waals surface area contributed by atoms with E-state index in [1.807, 2.05) is 36.8 Å². The lowest BCUT2D eigenvalue weighted by atomic mass is 9.51. The Balaban J connectivity index is 1.42. The molecule has 8 rings (SSSR count). The normalized spacial score (nSPS) is 12.4. The first-order valence-corrected chi connectivity index (χ1v) is 12.7. The first kappa shape index (κ1) is 21.1. The van der Waals surface area contributed by atoms with Gasteiger partial charge in [-0.25, -0.2) is 0 Å². The minimum absolute atomic E-state index is 0.314. The van der Waals surface area contributed by atoms with E-state index in [2.05, 4.69) is 89.9 Å². The highest BCUT2D eigenvalue weighted by Gasteiger charge is 2.34. The predicted octanol–water partition coefficient (Wildman–Crippen LogP) is 6.16. The Labute approximate surface area is 219 Å². The Morgan fingerprint density at radius 3 is 2.29 bits per heavy atom. The molecule has 3 aromatic heterocycles. The van der Waals surface area contributed by atoms with Gasteiger partial charge in [0, 0.05) is 45.9 Å². The summed E-state index contributed by atoms with van der Waals surface area (Å²) in [7, 11) is 0. The largest absolute Gasteiger partial charge is 0.551 e. The molecule has 1 aliphatic rings. The van der Waals surface area contributed by atoms with Crippen LogP contribution in [0.5, 0.6) is 5.75 Å². The van der Waals surface area contributed by atoms with E-state index in [9.17, 15) is 0 Å². The monoisotopic (exact) mass is 485 g/mol. The van der Waals surface area contributed by atoms with Gasteiger partial charge in [0.1, 0.15) is 5.75 Å². The molecule has 1 aliphatic heterocycles. The SMILES string of the molecule is c1ccc2c(c1)OB(c1cc3cccnc3c3ncccc13)c1cc(-c3nccc4ccccc34)ccc1-2. The molecular formula is C33H20BN3O. The number of rotatable bonds is 2. The van der Waals surface area contributed by atoms with Crippen LogP contribution in [-0.4, -0.2) is 21.9 Å². The van der Waals surface area contributed by atoms with Crippen LogP contribution in [0, 0.1) is 0 Å². The van der Waals surface area contributed by atoms with Crippen molar-refractivity contribution in [1.29, 1.82) is 0 Å². The maximum atomic E-state index is 6.81. The number of aromatic nitrogens is 3. The molecule has 0 atom stereocenters. The first-order valence-electron chi connectivity index (χ1n) is 12.7. The molecule has 0 N–H and O–H groups in total. The Morgan fingerprint density at radius 1 is 0.526 bits per heavy atom. The molecule has 4 heterocycles. The van der Waals surface area contributed by atoms with E-state index >= 15 is 0 Å². The summed E-state index contributed by atoms with van der Waals surface area (Å²) in [5.74, 6) is 0.879. The molecule has 7 aromatic rings. The van der Waals surface area contributed by atoms with E-state index in [0.717, 1.165) is 60.7 Å². The Kier molecular flexibility index (Phi) is 4.58. The van der Waals surface area contributed by atoms with Crippen molar-refractivity contribution in [3.8, 4) is 28.1 Å². The lowest BCUT2D eigenvalue weighted by Crippen LogP contribution is -2.50. The van der Waals surface area contributed by atoms with Crippen molar-refractivity contribution in [3.63, 3.8) is 0 Å². The molecule has 0 fully saturated rings. The molecule has 4 aromatic carbocycles. The highest BCUT2D eigenvalue weighted by molar-refractivity contribution is 6.84. The maximum Gasteiger partial charge on any atom is 0.427 e. The molecule has 0 amide bonds. The van der Waals surface area contributed by atoms with Gasteiger partial charge >= 0.3 is 6.92 Å². The summed E-state index contributed by atoms with van der Waals surface area (Å²) in [6.07, 6.45) is 5.54. The molecule has 0 bridgehead atoms. The number of para-hydroxylation sites is 1. The highest BCUT2D eigenvalue weighted by Crippen LogP contribution is 2.36. The standard InChI is InChI=1S/C33H20BN3O/c1-2-9-24-21(7-1)15-18-37-31(24)23-13-14-25-26-10-3-4-12-30(26)38-34(28(25)20-23)29-19-22-8-5-16-35-32(22)33-27(29)11-6-17-36-33/h1-20H. The van der Waals surface area contributed by atoms with Crippen molar-refractivity contribution >= 4 is 50.4 Å². The van der Waals surface area contributed by atoms with Gasteiger partial charge in [0.15, 0.2) is 0 Å². The number of benzene rings is 4. The molecule has 5 heteroatoms. The summed E-state index contributed by atoms with van der Waals surface area (Å²) in [6.45, 7) is -0.314. The highest BCUT2D eigenvalue weighted by atomic mass is 16.4. The van der Waals surface area contributed by atoms with Crippen LogP contribution in [0.2, 0.25) is 0 Å². The third-order valence-electron chi connectivity index (χ3n) is 7.48. The molecule has 0 saturated carbocycles. The van der Waals surface area contributed by atoms with Gasteiger partial charge in [-0.3, -0.25) is 15.0 Å². The van der Waals surface area contributed by atoms with Crippen LogP contribution in [0.25, 0.3) is 55.0 Å². The first-order chi connectivity index (χ1) is 18.8. The molecule has 176 valence electrons. The topological polar surface area (TPSA) is 47.9 Å². The Morgan fingerprint density at radius 2 is 1.32 bits per heavy atom. The summed E-state index contributed by atoms with van der Waals surface area (Å²) in [5.41, 5.74) is 8.28. The summed E-state index contributed by atoms with van der Waals surface area (Å²) in [5, 5.41) is 4.40. The van der Waals surface area contributed by atoms with Gasteiger partial charge in [-0.05, 0) is 46.1 Å². The van der Waals surface area contributed by atoms with Crippen molar-refractivity contribution in [2.75, 3.05) is 0 Å². The second-order valence-electron chi connectivity index (χ2n) is 9.62. The third-order valence-corrected chi connectivity index (χ3v) is 7.48. The smallest absolute Gasteiger partial charge is 0.427 e. The van der Waals surface area contributed by atoms with Gasteiger partial charge in [0.25, 0.3) is 0 Å². The van der Waals surface area contributed by atoms with E-state index < -0.39 is 0 Å². The Bertz CT molecular complexity index is 2030. The lowest BCUT2D eigenvalue weighted by molar-refractivity contribution is 0.591. The minimum Gasteiger partial charge on any atom is -0.551 e. The molecule has 0 radical (unpaired) electrons. The Hall–Kier alpha value is -5.03. The van der Waals surface area contributed by atoms with Crippen molar-refractivity contribution in [2.24, 2.45) is 0 Å². The number of pyridine rings is 3. The van der Waals surface area contributed by atoms with Crippen molar-refractivity contribution in [2.45, 2.75) is 0 Å². The van der Waals surface area contributed by atoms with Crippen LogP contribution in [0.15, 0.2) is 122 Å². The number of hydrogen-bond acceptors (Lipinski definition) is 4. The van der Waals surface area contributed by atoms with Gasteiger partial charge in [-0.2, -0.15) is 0 Å². The molecular weight excluding hydrogens is 465 g/mol. The summed E-state index contributed by atoms with van der Waals surface area (Å²) in [6, 6.07) is 35.7. The average molecular weight is 485 g/mol. The molecule has 0 spiro atoms. The fraction of sp³-hybridized carbons (Fsp3) is 0. The molecule has 38 heavy (non-hydrogen) atoms. The number of fused-ring (bicyclic) bond motifs is 7.